The molecule has 0 radical (unpaired) electrons. The number of nitrogens with one attached hydrogen (secondary N) is 1. The third kappa shape index (κ3) is 4.70. The van der Waals surface area contributed by atoms with E-state index >= 15 is 0 Å². The number of amides is 1. The summed E-state index contributed by atoms with van der Waals surface area (Å²) in [5, 5.41) is 7.19. The van der Waals surface area contributed by atoms with Gasteiger partial charge in [-0.1, -0.05) is 29.8 Å². The van der Waals surface area contributed by atoms with Gasteiger partial charge in [-0.3, -0.25) is 9.48 Å². The topological polar surface area (TPSA) is 84.3 Å². The van der Waals surface area contributed by atoms with Crippen molar-refractivity contribution < 1.29 is 13.2 Å². The Hall–Kier alpha value is -2.19. The van der Waals surface area contributed by atoms with Crippen LogP contribution in [0.3, 0.4) is 0 Å². The summed E-state index contributed by atoms with van der Waals surface area (Å²) in [6.07, 6.45) is 5.73. The van der Waals surface area contributed by atoms with Gasteiger partial charge < -0.3 is 5.32 Å². The lowest BCUT2D eigenvalue weighted by molar-refractivity contribution is -0.120. The standard InChI is InChI=1S/C18H24N4O3S/c1-14-4-3-5-15(10-14)12-21-13-17(11-19-21)20-18(23)16-6-8-22(9-7-16)26(2,24)25/h3-5,10-11,13,16H,6-9,12H2,1-2H3,(H,20,23). The van der Waals surface area contributed by atoms with Crippen LogP contribution in [0.1, 0.15) is 24.0 Å². The molecule has 0 saturated carbocycles. The van der Waals surface area contributed by atoms with E-state index in [2.05, 4.69) is 16.5 Å². The molecule has 1 fully saturated rings. The highest BCUT2D eigenvalue weighted by Gasteiger charge is 2.29. The lowest BCUT2D eigenvalue weighted by Crippen LogP contribution is -2.40. The van der Waals surface area contributed by atoms with Crippen molar-refractivity contribution >= 4 is 21.6 Å². The summed E-state index contributed by atoms with van der Waals surface area (Å²) in [4.78, 5) is 12.4. The maximum absolute atomic E-state index is 12.4. The Kier molecular flexibility index (Phi) is 5.43. The highest BCUT2D eigenvalue weighted by atomic mass is 32.2. The van der Waals surface area contributed by atoms with Gasteiger partial charge in [-0.2, -0.15) is 5.10 Å². The number of anilines is 1. The van der Waals surface area contributed by atoms with E-state index in [0.29, 0.717) is 38.2 Å². The largest absolute Gasteiger partial charge is 0.323 e. The molecule has 2 aromatic rings. The molecule has 1 amide bonds. The molecule has 2 heterocycles. The van der Waals surface area contributed by atoms with Crippen molar-refractivity contribution in [2.75, 3.05) is 24.7 Å². The van der Waals surface area contributed by atoms with E-state index in [1.54, 1.807) is 10.9 Å². The number of carbonyl (C=O) groups is 1. The van der Waals surface area contributed by atoms with Gasteiger partial charge in [0.2, 0.25) is 15.9 Å². The molecule has 1 aromatic heterocycles. The first-order valence-corrected chi connectivity index (χ1v) is 10.5. The van der Waals surface area contributed by atoms with Crippen LogP contribution in [0.25, 0.3) is 0 Å². The molecule has 26 heavy (non-hydrogen) atoms. The molecule has 7 nitrogen and oxygen atoms in total. The molecule has 0 bridgehead atoms. The van der Waals surface area contributed by atoms with Crippen molar-refractivity contribution in [2.24, 2.45) is 5.92 Å². The number of nitrogens with zero attached hydrogens (tertiary/aromatic N) is 3. The summed E-state index contributed by atoms with van der Waals surface area (Å²) < 4.78 is 26.3. The Morgan fingerprint density at radius 3 is 2.69 bits per heavy atom. The van der Waals surface area contributed by atoms with Crippen molar-refractivity contribution in [3.63, 3.8) is 0 Å². The Morgan fingerprint density at radius 1 is 1.31 bits per heavy atom. The number of rotatable bonds is 5. The van der Waals surface area contributed by atoms with Crippen LogP contribution < -0.4 is 5.32 Å². The van der Waals surface area contributed by atoms with Gasteiger partial charge in [0.15, 0.2) is 0 Å². The molecular weight excluding hydrogens is 352 g/mol. The number of aryl methyl sites for hydroxylation is 1. The molecule has 1 aliphatic rings. The second kappa shape index (κ2) is 7.59. The molecule has 3 rings (SSSR count). The fraction of sp³-hybridized carbons (Fsp3) is 0.444. The number of hydrogen-bond acceptors (Lipinski definition) is 4. The molecular formula is C18H24N4O3S. The minimum atomic E-state index is -3.18. The summed E-state index contributed by atoms with van der Waals surface area (Å²) in [6.45, 7) is 3.48. The second-order valence-electron chi connectivity index (χ2n) is 6.84. The van der Waals surface area contributed by atoms with Crippen LogP contribution in [-0.2, 0) is 21.4 Å². The number of carbonyl (C=O) groups excluding carboxylic acids is 1. The molecule has 1 N–H and O–H groups in total. The maximum atomic E-state index is 12.4. The van der Waals surface area contributed by atoms with E-state index in [9.17, 15) is 13.2 Å². The van der Waals surface area contributed by atoms with Crippen LogP contribution in [0.4, 0.5) is 5.69 Å². The van der Waals surface area contributed by atoms with Crippen LogP contribution in [0.2, 0.25) is 0 Å². The first-order valence-electron chi connectivity index (χ1n) is 8.65. The van der Waals surface area contributed by atoms with Crippen molar-refractivity contribution in [1.29, 1.82) is 0 Å². The van der Waals surface area contributed by atoms with E-state index in [-0.39, 0.29) is 11.8 Å². The van der Waals surface area contributed by atoms with E-state index in [1.165, 1.54) is 16.1 Å². The average molecular weight is 376 g/mol. The van der Waals surface area contributed by atoms with Gasteiger partial charge in [-0.15, -0.1) is 0 Å². The third-order valence-electron chi connectivity index (χ3n) is 4.62. The highest BCUT2D eigenvalue weighted by Crippen LogP contribution is 2.21. The zero-order chi connectivity index (χ0) is 18.7. The van der Waals surface area contributed by atoms with Gasteiger partial charge >= 0.3 is 0 Å². The van der Waals surface area contributed by atoms with Crippen molar-refractivity contribution in [3.8, 4) is 0 Å². The molecule has 0 unspecified atom stereocenters. The fourth-order valence-electron chi connectivity index (χ4n) is 3.21. The van der Waals surface area contributed by atoms with E-state index in [4.69, 9.17) is 0 Å². The molecule has 1 aliphatic heterocycles. The van der Waals surface area contributed by atoms with Crippen LogP contribution in [0.15, 0.2) is 36.7 Å². The van der Waals surface area contributed by atoms with Gasteiger partial charge in [0, 0.05) is 25.2 Å². The second-order valence-corrected chi connectivity index (χ2v) is 8.82. The number of sulfonamides is 1. The molecule has 0 atom stereocenters. The Bertz CT molecular complexity index is 883. The normalized spacial score (nSPS) is 16.5. The van der Waals surface area contributed by atoms with Crippen LogP contribution in [0, 0.1) is 12.8 Å². The van der Waals surface area contributed by atoms with Gasteiger partial charge in [0.25, 0.3) is 0 Å². The Labute approximate surface area is 154 Å². The lowest BCUT2D eigenvalue weighted by Gasteiger charge is -2.29. The summed E-state index contributed by atoms with van der Waals surface area (Å²) in [5.74, 6) is -0.249. The van der Waals surface area contributed by atoms with Crippen molar-refractivity contribution in [1.82, 2.24) is 14.1 Å². The minimum Gasteiger partial charge on any atom is -0.323 e. The average Bonchev–Trinajstić information content (AvgIpc) is 3.01. The van der Waals surface area contributed by atoms with Crippen molar-refractivity contribution in [3.05, 3.63) is 47.8 Å². The van der Waals surface area contributed by atoms with Crippen LogP contribution >= 0.6 is 0 Å². The predicted octanol–water partition coefficient (Wildman–Crippen LogP) is 1.85. The van der Waals surface area contributed by atoms with E-state index in [0.717, 1.165) is 5.56 Å². The number of benzene rings is 1. The smallest absolute Gasteiger partial charge is 0.227 e. The summed E-state index contributed by atoms with van der Waals surface area (Å²) in [5.41, 5.74) is 3.01. The highest BCUT2D eigenvalue weighted by molar-refractivity contribution is 7.88. The van der Waals surface area contributed by atoms with Gasteiger partial charge in [-0.05, 0) is 25.3 Å². The van der Waals surface area contributed by atoms with Gasteiger partial charge in [-0.25, -0.2) is 12.7 Å². The maximum Gasteiger partial charge on any atom is 0.227 e. The number of piperidine rings is 1. The molecule has 140 valence electrons. The van der Waals surface area contributed by atoms with Gasteiger partial charge in [0.1, 0.15) is 0 Å². The minimum absolute atomic E-state index is 0.0757. The summed E-state index contributed by atoms with van der Waals surface area (Å²) >= 11 is 0. The zero-order valence-corrected chi connectivity index (χ0v) is 15.9. The first kappa shape index (κ1) is 18.6. The molecule has 0 aliphatic carbocycles. The molecule has 8 heteroatoms. The fourth-order valence-corrected chi connectivity index (χ4v) is 4.08. The lowest BCUT2D eigenvalue weighted by atomic mass is 9.97. The third-order valence-corrected chi connectivity index (χ3v) is 5.92. The molecule has 0 spiro atoms. The number of hydrogen-bond donors (Lipinski definition) is 1. The molecule has 1 aromatic carbocycles. The van der Waals surface area contributed by atoms with Crippen molar-refractivity contribution in [2.45, 2.75) is 26.3 Å². The Morgan fingerprint density at radius 2 is 2.04 bits per heavy atom. The summed E-state index contributed by atoms with van der Waals surface area (Å²) in [6, 6.07) is 8.21. The Balaban J connectivity index is 1.55. The van der Waals surface area contributed by atoms with Gasteiger partial charge in [0.05, 0.1) is 24.7 Å². The molecule has 1 saturated heterocycles. The monoisotopic (exact) mass is 376 g/mol. The van der Waals surface area contributed by atoms with E-state index < -0.39 is 10.0 Å². The predicted molar refractivity (Wildman–Crippen MR) is 100 cm³/mol. The zero-order valence-electron chi connectivity index (χ0n) is 15.1. The quantitative estimate of drug-likeness (QED) is 0.863. The summed E-state index contributed by atoms with van der Waals surface area (Å²) in [7, 11) is -3.18. The number of aromatic nitrogens is 2. The van der Waals surface area contributed by atoms with E-state index in [1.807, 2.05) is 31.3 Å². The first-order chi connectivity index (χ1) is 12.3. The SMILES string of the molecule is Cc1cccc(Cn2cc(NC(=O)C3CCN(S(C)(=O)=O)CC3)cn2)c1. The van der Waals surface area contributed by atoms with Crippen LogP contribution in [-0.4, -0.2) is 47.8 Å². The van der Waals surface area contributed by atoms with Crippen LogP contribution in [0.5, 0.6) is 0 Å².